The third-order valence-corrected chi connectivity index (χ3v) is 19.0. The Morgan fingerprint density at radius 1 is 0.362 bits per heavy atom. The largest absolute Gasteiger partial charge is 0.372 e. The molecule has 4 aliphatic heterocycles. The fourth-order valence-electron chi connectivity index (χ4n) is 16.8. The summed E-state index contributed by atoms with van der Waals surface area (Å²) in [6, 6.07) is 33.5. The lowest BCUT2D eigenvalue weighted by atomic mass is 9.68. The van der Waals surface area contributed by atoms with E-state index in [1.54, 1.807) is 11.1 Å². The highest BCUT2D eigenvalue weighted by Gasteiger charge is 2.61. The van der Waals surface area contributed by atoms with Gasteiger partial charge in [-0.05, 0) is 159 Å². The summed E-state index contributed by atoms with van der Waals surface area (Å²) in [4.78, 5) is 6.23. The van der Waals surface area contributed by atoms with Gasteiger partial charge in [0.05, 0.1) is 24.4 Å². The average molecular weight is 777 g/mol. The van der Waals surface area contributed by atoms with Crippen molar-refractivity contribution in [2.24, 2.45) is 23.7 Å². The van der Waals surface area contributed by atoms with Gasteiger partial charge in [0.1, 0.15) is 0 Å². The van der Waals surface area contributed by atoms with Crippen LogP contribution in [0.3, 0.4) is 0 Å². The summed E-state index contributed by atoms with van der Waals surface area (Å²) in [6.45, 7) is 0. The maximum atomic E-state index is 6.94. The number of morpholine rings is 2. The second kappa shape index (κ2) is 14.6. The Morgan fingerprint density at radius 2 is 0.810 bits per heavy atom. The van der Waals surface area contributed by atoms with Gasteiger partial charge in [-0.2, -0.15) is 0 Å². The Labute approximate surface area is 348 Å². The molecule has 0 bridgehead atoms. The van der Waals surface area contributed by atoms with Crippen LogP contribution in [0, 0.1) is 23.7 Å². The minimum Gasteiger partial charge on any atom is -0.372 e. The zero-order chi connectivity index (χ0) is 37.9. The SMILES string of the molecule is c1cc(-c2ccc(-c3cccc(C4CCC5C(C4)C4CCCC6OC7CCCCC7N5C64)c3)cc2)cc(C2CCC3C(C2)C2CCCC4OC5CCCCC5N3C42)c1. The Hall–Kier alpha value is -2.50. The highest BCUT2D eigenvalue weighted by atomic mass is 16.5. The first kappa shape index (κ1) is 36.2. The monoisotopic (exact) mass is 777 g/mol. The Morgan fingerprint density at radius 3 is 1.29 bits per heavy atom. The van der Waals surface area contributed by atoms with Crippen molar-refractivity contribution in [2.75, 3.05) is 0 Å². The zero-order valence-electron chi connectivity index (χ0n) is 35.0. The van der Waals surface area contributed by atoms with Crippen LogP contribution in [0.25, 0.3) is 22.3 Å². The van der Waals surface area contributed by atoms with E-state index in [0.29, 0.717) is 60.4 Å². The van der Waals surface area contributed by atoms with Gasteiger partial charge in [0.2, 0.25) is 0 Å². The molecule has 0 spiro atoms. The fourth-order valence-corrected chi connectivity index (χ4v) is 16.8. The molecule has 10 fully saturated rings. The van der Waals surface area contributed by atoms with Crippen LogP contribution in [0.5, 0.6) is 0 Å². The first-order valence-electron chi connectivity index (χ1n) is 24.9. The maximum Gasteiger partial charge on any atom is 0.0737 e. The number of ether oxygens (including phenoxy) is 2. The maximum absolute atomic E-state index is 6.94. The number of nitrogens with zero attached hydrogens (tertiary/aromatic N) is 2. The highest BCUT2D eigenvalue weighted by Crippen LogP contribution is 2.58. The predicted octanol–water partition coefficient (Wildman–Crippen LogP) is 11.9. The van der Waals surface area contributed by atoms with Crippen molar-refractivity contribution >= 4 is 0 Å². The summed E-state index contributed by atoms with van der Waals surface area (Å²) in [5, 5.41) is 0. The Balaban J connectivity index is 0.705. The lowest BCUT2D eigenvalue weighted by Gasteiger charge is -2.53. The Kier molecular flexibility index (Phi) is 9.08. The number of hydrogen-bond acceptors (Lipinski definition) is 4. The summed E-state index contributed by atoms with van der Waals surface area (Å²) < 4.78 is 13.9. The summed E-state index contributed by atoms with van der Waals surface area (Å²) in [5.41, 5.74) is 8.66. The highest BCUT2D eigenvalue weighted by molar-refractivity contribution is 5.71. The third-order valence-electron chi connectivity index (χ3n) is 19.0. The summed E-state index contributed by atoms with van der Waals surface area (Å²) in [7, 11) is 0. The standard InChI is InChI=1S/C54H68N2O2/c1-3-17-49-47(15-1)55-45-27-25-39(31-43(45)41-13-7-19-51(57-49)53(41)55)37-11-5-9-35(29-37)33-21-23-34(24-22-33)36-10-6-12-38(30-36)40-26-28-46-44(32-40)42-14-8-20-52-54(42)56(46)48-16-2-4-18-50(48)58-52/h5-6,9-12,21-24,29-30,39-54H,1-4,7-8,13-20,25-28,31-32H2. The molecule has 16 unspecified atom stereocenters. The molecular formula is C54H68N2O2. The third kappa shape index (κ3) is 5.80. The van der Waals surface area contributed by atoms with Gasteiger partial charge >= 0.3 is 0 Å². The van der Waals surface area contributed by atoms with Crippen LogP contribution < -0.4 is 0 Å². The molecule has 58 heavy (non-hydrogen) atoms. The topological polar surface area (TPSA) is 24.9 Å². The van der Waals surface area contributed by atoms with E-state index >= 15 is 0 Å². The van der Waals surface area contributed by atoms with Crippen LogP contribution >= 0.6 is 0 Å². The van der Waals surface area contributed by atoms with Crippen molar-refractivity contribution in [1.29, 1.82) is 0 Å². The minimum atomic E-state index is 0.505. The normalized spacial score (nSPS) is 44.3. The number of fused-ring (bicyclic) bond motifs is 10. The summed E-state index contributed by atoms with van der Waals surface area (Å²) in [6.07, 6.45) is 29.3. The van der Waals surface area contributed by atoms with Crippen LogP contribution in [0.4, 0.5) is 0 Å². The van der Waals surface area contributed by atoms with Gasteiger partial charge in [0.25, 0.3) is 0 Å². The van der Waals surface area contributed by atoms with Crippen LogP contribution in [-0.4, -0.2) is 70.5 Å². The smallest absolute Gasteiger partial charge is 0.0737 e. The van der Waals surface area contributed by atoms with E-state index in [9.17, 15) is 0 Å². The van der Waals surface area contributed by atoms with E-state index in [2.05, 4.69) is 82.6 Å². The van der Waals surface area contributed by atoms with Crippen LogP contribution in [0.2, 0.25) is 0 Å². The minimum absolute atomic E-state index is 0.505. The molecule has 4 saturated heterocycles. The molecule has 0 aromatic heterocycles. The first-order valence-corrected chi connectivity index (χ1v) is 24.9. The molecule has 0 radical (unpaired) electrons. The quantitative estimate of drug-likeness (QED) is 0.263. The van der Waals surface area contributed by atoms with Crippen molar-refractivity contribution in [3.63, 3.8) is 0 Å². The van der Waals surface area contributed by atoms with E-state index in [1.807, 2.05) is 0 Å². The molecule has 13 rings (SSSR count). The molecule has 4 nitrogen and oxygen atoms in total. The number of rotatable bonds is 4. The molecule has 0 N–H and O–H groups in total. The van der Waals surface area contributed by atoms with Crippen LogP contribution in [0.1, 0.15) is 151 Å². The van der Waals surface area contributed by atoms with Gasteiger partial charge in [0, 0.05) is 36.3 Å². The lowest BCUT2D eigenvalue weighted by molar-refractivity contribution is -0.177. The van der Waals surface area contributed by atoms with E-state index in [-0.39, 0.29) is 0 Å². The van der Waals surface area contributed by atoms with Crippen molar-refractivity contribution in [2.45, 2.75) is 201 Å². The van der Waals surface area contributed by atoms with Crippen molar-refractivity contribution in [3.05, 3.63) is 83.9 Å². The molecule has 4 heterocycles. The van der Waals surface area contributed by atoms with Gasteiger partial charge in [-0.3, -0.25) is 9.80 Å². The molecule has 3 aromatic carbocycles. The fraction of sp³-hybridized carbons (Fsp3) is 0.667. The van der Waals surface area contributed by atoms with Gasteiger partial charge in [-0.25, -0.2) is 0 Å². The molecule has 6 saturated carbocycles. The second-order valence-corrected chi connectivity index (χ2v) is 21.5. The van der Waals surface area contributed by atoms with E-state index in [0.717, 1.165) is 35.8 Å². The zero-order valence-corrected chi connectivity index (χ0v) is 35.0. The molecule has 0 amide bonds. The summed E-state index contributed by atoms with van der Waals surface area (Å²) >= 11 is 0. The molecule has 4 heteroatoms. The second-order valence-electron chi connectivity index (χ2n) is 21.5. The van der Waals surface area contributed by atoms with Gasteiger partial charge < -0.3 is 9.47 Å². The molecule has 10 aliphatic rings. The Bertz CT molecular complexity index is 1840. The van der Waals surface area contributed by atoms with Crippen LogP contribution in [-0.2, 0) is 9.47 Å². The van der Waals surface area contributed by atoms with Gasteiger partial charge in [-0.1, -0.05) is 111 Å². The first-order chi connectivity index (χ1) is 28.7. The van der Waals surface area contributed by atoms with Crippen LogP contribution in [0.15, 0.2) is 72.8 Å². The molecular weight excluding hydrogens is 709 g/mol. The van der Waals surface area contributed by atoms with E-state index < -0.39 is 0 Å². The number of benzene rings is 3. The van der Waals surface area contributed by atoms with Crippen molar-refractivity contribution < 1.29 is 9.47 Å². The number of hydrogen-bond donors (Lipinski definition) is 0. The van der Waals surface area contributed by atoms with Crippen molar-refractivity contribution in [3.8, 4) is 22.3 Å². The summed E-state index contributed by atoms with van der Waals surface area (Å²) in [5.74, 6) is 4.77. The van der Waals surface area contributed by atoms with Gasteiger partial charge in [0.15, 0.2) is 0 Å². The molecule has 16 atom stereocenters. The molecule has 306 valence electrons. The molecule has 3 aromatic rings. The van der Waals surface area contributed by atoms with E-state index in [1.165, 1.54) is 151 Å². The van der Waals surface area contributed by atoms with Crippen molar-refractivity contribution in [1.82, 2.24) is 9.80 Å². The lowest BCUT2D eigenvalue weighted by Crippen LogP contribution is -2.63. The predicted molar refractivity (Wildman–Crippen MR) is 233 cm³/mol. The van der Waals surface area contributed by atoms with E-state index in [4.69, 9.17) is 9.47 Å². The molecule has 6 aliphatic carbocycles. The van der Waals surface area contributed by atoms with Gasteiger partial charge in [-0.15, -0.1) is 0 Å². The average Bonchev–Trinajstić information content (AvgIpc) is 3.81.